The molecule has 0 bridgehead atoms. The summed E-state index contributed by atoms with van der Waals surface area (Å²) in [5.41, 5.74) is 0. The van der Waals surface area contributed by atoms with Crippen molar-refractivity contribution in [3.63, 3.8) is 0 Å². The molecule has 6 heteroatoms. The molecule has 0 aliphatic heterocycles. The zero-order chi connectivity index (χ0) is 19.8. The lowest BCUT2D eigenvalue weighted by molar-refractivity contribution is -0.923. The molecule has 0 heterocycles. The fourth-order valence-corrected chi connectivity index (χ4v) is 18.3. The van der Waals surface area contributed by atoms with Gasteiger partial charge in [-0.15, -0.1) is 0 Å². The van der Waals surface area contributed by atoms with Crippen LogP contribution in [0, 0.1) is 0 Å². The van der Waals surface area contributed by atoms with Crippen LogP contribution in [0.5, 0.6) is 0 Å². The number of unbranched alkanes of at least 4 members (excludes halogenated alkanes) is 1. The lowest BCUT2D eigenvalue weighted by Crippen LogP contribution is -2.53. The van der Waals surface area contributed by atoms with E-state index in [0.29, 0.717) is 0 Å². The maximum atomic E-state index is 6.74. The molecule has 3 nitrogen and oxygen atoms in total. The van der Waals surface area contributed by atoms with Crippen LogP contribution in [-0.2, 0) is 8.23 Å². The van der Waals surface area contributed by atoms with Gasteiger partial charge >= 0.3 is 8.56 Å². The van der Waals surface area contributed by atoms with Crippen molar-refractivity contribution in [2.45, 2.75) is 98.3 Å². The standard InChI is InChI=1S/C19H48NO2Si3/c1-11-15-18-23(5,6)21-25(9,10)22-24(7,8)19-16-17-20(12-2,13-3)14-4/h11-19H2,1-10H3/q+1. The minimum absolute atomic E-state index is 1.25. The van der Waals surface area contributed by atoms with Crippen LogP contribution in [0.15, 0.2) is 0 Å². The largest absolute Gasteiger partial charge is 0.437 e. The molecule has 152 valence electrons. The maximum Gasteiger partial charge on any atom is 0.311 e. The molecule has 0 fully saturated rings. The van der Waals surface area contributed by atoms with E-state index in [4.69, 9.17) is 8.23 Å². The van der Waals surface area contributed by atoms with Gasteiger partial charge in [0.25, 0.3) is 0 Å². The molecule has 0 saturated heterocycles. The highest BCUT2D eigenvalue weighted by Gasteiger charge is 2.39. The molecule has 0 amide bonds. The van der Waals surface area contributed by atoms with E-state index < -0.39 is 25.2 Å². The summed E-state index contributed by atoms with van der Waals surface area (Å²) in [6.45, 7) is 28.4. The van der Waals surface area contributed by atoms with Gasteiger partial charge in [0, 0.05) is 0 Å². The van der Waals surface area contributed by atoms with Crippen LogP contribution in [0.1, 0.15) is 47.0 Å². The van der Waals surface area contributed by atoms with Crippen LogP contribution in [-0.4, -0.2) is 55.9 Å². The van der Waals surface area contributed by atoms with E-state index in [0.717, 1.165) is 0 Å². The smallest absolute Gasteiger partial charge is 0.311 e. The zero-order valence-electron chi connectivity index (χ0n) is 19.1. The van der Waals surface area contributed by atoms with E-state index >= 15 is 0 Å². The normalized spacial score (nSPS) is 14.2. The highest BCUT2D eigenvalue weighted by atomic mass is 28.5. The minimum Gasteiger partial charge on any atom is -0.437 e. The van der Waals surface area contributed by atoms with Crippen LogP contribution < -0.4 is 0 Å². The van der Waals surface area contributed by atoms with Crippen molar-refractivity contribution >= 4 is 25.2 Å². The summed E-state index contributed by atoms with van der Waals surface area (Å²) in [5, 5.41) is 0. The van der Waals surface area contributed by atoms with Crippen LogP contribution in [0.3, 0.4) is 0 Å². The molecule has 0 aromatic carbocycles. The third-order valence-corrected chi connectivity index (χ3v) is 17.1. The molecule has 0 saturated carbocycles. The summed E-state index contributed by atoms with van der Waals surface area (Å²) in [5.74, 6) is 0. The maximum absolute atomic E-state index is 6.74. The molecule has 25 heavy (non-hydrogen) atoms. The summed E-state index contributed by atoms with van der Waals surface area (Å²) >= 11 is 0. The second-order valence-electron chi connectivity index (χ2n) is 9.34. The molecule has 0 aliphatic rings. The fraction of sp³-hybridized carbons (Fsp3) is 1.00. The molecule has 0 atom stereocenters. The zero-order valence-corrected chi connectivity index (χ0v) is 22.1. The van der Waals surface area contributed by atoms with Crippen molar-refractivity contribution < 1.29 is 12.7 Å². The van der Waals surface area contributed by atoms with Gasteiger partial charge in [-0.2, -0.15) is 0 Å². The molecule has 0 unspecified atom stereocenters. The highest BCUT2D eigenvalue weighted by Crippen LogP contribution is 2.26. The quantitative estimate of drug-likeness (QED) is 0.252. The summed E-state index contributed by atoms with van der Waals surface area (Å²) < 4.78 is 14.6. The van der Waals surface area contributed by atoms with Crippen molar-refractivity contribution in [3.8, 4) is 0 Å². The van der Waals surface area contributed by atoms with Gasteiger partial charge in [0.05, 0.1) is 26.2 Å². The van der Waals surface area contributed by atoms with Crippen molar-refractivity contribution in [1.82, 2.24) is 0 Å². The first-order chi connectivity index (χ1) is 11.4. The molecular weight excluding hydrogens is 358 g/mol. The molecule has 0 aliphatic carbocycles. The summed E-state index contributed by atoms with van der Waals surface area (Å²) in [4.78, 5) is 0. The number of quaternary nitrogens is 1. The molecule has 0 radical (unpaired) electrons. The number of hydrogen-bond donors (Lipinski definition) is 0. The van der Waals surface area contributed by atoms with Gasteiger partial charge in [-0.1, -0.05) is 19.8 Å². The third-order valence-electron chi connectivity index (χ3n) is 5.60. The highest BCUT2D eigenvalue weighted by molar-refractivity contribution is 6.87. The Morgan fingerprint density at radius 2 is 1.04 bits per heavy atom. The van der Waals surface area contributed by atoms with Gasteiger partial charge in [0.15, 0.2) is 16.6 Å². The van der Waals surface area contributed by atoms with Crippen molar-refractivity contribution in [2.75, 3.05) is 26.2 Å². The molecule has 0 N–H and O–H groups in total. The number of nitrogens with zero attached hydrogens (tertiary/aromatic N) is 1. The molecule has 0 rings (SSSR count). The predicted molar refractivity (Wildman–Crippen MR) is 121 cm³/mol. The van der Waals surface area contributed by atoms with Gasteiger partial charge in [-0.3, -0.25) is 0 Å². The van der Waals surface area contributed by atoms with Gasteiger partial charge < -0.3 is 12.7 Å². The first kappa shape index (κ1) is 25.5. The number of hydrogen-bond acceptors (Lipinski definition) is 2. The summed E-state index contributed by atoms with van der Waals surface area (Å²) in [7, 11) is -5.27. The first-order valence-corrected chi connectivity index (χ1v) is 19.7. The topological polar surface area (TPSA) is 18.5 Å². The Balaban J connectivity index is 4.62. The Morgan fingerprint density at radius 1 is 0.640 bits per heavy atom. The first-order valence-electron chi connectivity index (χ1n) is 10.6. The Hall–Kier alpha value is 0.531. The Kier molecular flexibility index (Phi) is 11.0. The van der Waals surface area contributed by atoms with Gasteiger partial charge in [0.2, 0.25) is 0 Å². The van der Waals surface area contributed by atoms with E-state index in [9.17, 15) is 0 Å². The fourth-order valence-electron chi connectivity index (χ4n) is 4.04. The molecule has 0 aromatic rings. The predicted octanol–water partition coefficient (Wildman–Crippen LogP) is 6.20. The van der Waals surface area contributed by atoms with Gasteiger partial charge in [-0.25, -0.2) is 0 Å². The minimum atomic E-state index is -2.03. The van der Waals surface area contributed by atoms with Crippen LogP contribution >= 0.6 is 0 Å². The van der Waals surface area contributed by atoms with E-state index in [1.165, 1.54) is 62.0 Å². The lowest BCUT2D eigenvalue weighted by atomic mass is 10.3. The SMILES string of the molecule is CCCC[Si](C)(C)O[Si](C)(C)O[Si](C)(C)CCC[N+](CC)(CC)CC. The monoisotopic (exact) mass is 406 g/mol. The van der Waals surface area contributed by atoms with Crippen molar-refractivity contribution in [3.05, 3.63) is 0 Å². The molecular formula is C19H48NO2Si3+. The second kappa shape index (κ2) is 10.8. The molecule has 0 aromatic heterocycles. The van der Waals surface area contributed by atoms with Gasteiger partial charge in [0.1, 0.15) is 0 Å². The Labute approximate surface area is 162 Å². The van der Waals surface area contributed by atoms with Crippen LogP contribution in [0.25, 0.3) is 0 Å². The third kappa shape index (κ3) is 10.4. The van der Waals surface area contributed by atoms with Crippen LogP contribution in [0.2, 0.25) is 51.4 Å². The lowest BCUT2D eigenvalue weighted by Gasteiger charge is -2.40. The van der Waals surface area contributed by atoms with E-state index in [1.807, 2.05) is 0 Å². The van der Waals surface area contributed by atoms with Crippen molar-refractivity contribution in [2.24, 2.45) is 0 Å². The van der Waals surface area contributed by atoms with E-state index in [2.05, 4.69) is 67.0 Å². The average molecular weight is 407 g/mol. The van der Waals surface area contributed by atoms with E-state index in [-0.39, 0.29) is 0 Å². The summed E-state index contributed by atoms with van der Waals surface area (Å²) in [6, 6.07) is 2.51. The van der Waals surface area contributed by atoms with Gasteiger partial charge in [-0.05, 0) is 78.6 Å². The van der Waals surface area contributed by atoms with Crippen molar-refractivity contribution in [1.29, 1.82) is 0 Å². The Bertz CT molecular complexity index is 361. The average Bonchev–Trinajstić information content (AvgIpc) is 2.47. The summed E-state index contributed by atoms with van der Waals surface area (Å²) in [6.07, 6.45) is 3.83. The van der Waals surface area contributed by atoms with E-state index in [1.54, 1.807) is 0 Å². The van der Waals surface area contributed by atoms with Crippen LogP contribution in [0.4, 0.5) is 0 Å². The number of rotatable bonds is 14. The molecule has 0 spiro atoms. The Morgan fingerprint density at radius 3 is 1.40 bits per heavy atom. The second-order valence-corrected chi connectivity index (χ2v) is 21.8.